The van der Waals surface area contributed by atoms with Crippen molar-refractivity contribution >= 4 is 17.1 Å². The molecule has 0 amide bonds. The third kappa shape index (κ3) is 3.67. The number of hydrogen-bond donors (Lipinski definition) is 1. The van der Waals surface area contributed by atoms with Crippen molar-refractivity contribution in [3.8, 4) is 6.07 Å². The van der Waals surface area contributed by atoms with Crippen LogP contribution in [0.3, 0.4) is 0 Å². The second kappa shape index (κ2) is 5.34. The van der Waals surface area contributed by atoms with E-state index in [4.69, 9.17) is 5.26 Å². The predicted octanol–water partition coefficient (Wildman–Crippen LogP) is 2.92. The number of nitriles is 1. The molecule has 0 saturated heterocycles. The molecular formula is C10H7F3N4O2. The number of nitro groups is 1. The molecule has 1 N–H and O–H groups in total. The summed E-state index contributed by atoms with van der Waals surface area (Å²) in [5.74, 6) is 0. The van der Waals surface area contributed by atoms with Crippen molar-refractivity contribution in [1.29, 1.82) is 5.26 Å². The number of nitro benzene ring substituents is 1. The molecule has 1 aromatic rings. The highest BCUT2D eigenvalue weighted by Gasteiger charge is 2.35. The van der Waals surface area contributed by atoms with Gasteiger partial charge < -0.3 is 0 Å². The van der Waals surface area contributed by atoms with E-state index in [1.54, 1.807) is 6.07 Å². The molecule has 0 saturated carbocycles. The van der Waals surface area contributed by atoms with E-state index in [-0.39, 0.29) is 5.71 Å². The van der Waals surface area contributed by atoms with E-state index in [2.05, 4.69) is 10.5 Å². The van der Waals surface area contributed by atoms with Gasteiger partial charge in [-0.1, -0.05) is 0 Å². The Morgan fingerprint density at radius 3 is 2.63 bits per heavy atom. The lowest BCUT2D eigenvalue weighted by molar-refractivity contribution is -0.385. The molecular weight excluding hydrogens is 265 g/mol. The normalized spacial score (nSPS) is 11.8. The molecule has 0 atom stereocenters. The SMILES string of the molecule is CC(C#N)=NNc1ccc([N+](=O)[O-])cc1C(F)(F)F. The van der Waals surface area contributed by atoms with E-state index in [9.17, 15) is 23.3 Å². The van der Waals surface area contributed by atoms with Gasteiger partial charge in [0.25, 0.3) is 5.69 Å². The van der Waals surface area contributed by atoms with Crippen LogP contribution in [0.5, 0.6) is 0 Å². The molecule has 0 aliphatic carbocycles. The van der Waals surface area contributed by atoms with Crippen LogP contribution in [0, 0.1) is 21.4 Å². The Bertz CT molecular complexity index is 575. The Balaban J connectivity index is 3.25. The minimum Gasteiger partial charge on any atom is -0.277 e. The van der Waals surface area contributed by atoms with Gasteiger partial charge in [0.1, 0.15) is 11.8 Å². The van der Waals surface area contributed by atoms with Crippen molar-refractivity contribution in [3.63, 3.8) is 0 Å². The highest BCUT2D eigenvalue weighted by molar-refractivity contribution is 5.96. The van der Waals surface area contributed by atoms with E-state index in [1.165, 1.54) is 6.92 Å². The summed E-state index contributed by atoms with van der Waals surface area (Å²) in [6.07, 6.45) is -4.77. The molecule has 0 unspecified atom stereocenters. The van der Waals surface area contributed by atoms with Crippen LogP contribution in [0.1, 0.15) is 12.5 Å². The molecule has 0 aliphatic rings. The second-order valence-corrected chi connectivity index (χ2v) is 3.41. The van der Waals surface area contributed by atoms with Gasteiger partial charge in [-0.05, 0) is 13.0 Å². The minimum atomic E-state index is -4.77. The lowest BCUT2D eigenvalue weighted by Crippen LogP contribution is -2.10. The largest absolute Gasteiger partial charge is 0.418 e. The molecule has 0 fully saturated rings. The first kappa shape index (κ1) is 14.4. The molecule has 6 nitrogen and oxygen atoms in total. The zero-order valence-corrected chi connectivity index (χ0v) is 9.52. The Hall–Kier alpha value is -2.63. The molecule has 0 radical (unpaired) electrons. The maximum atomic E-state index is 12.7. The number of alkyl halides is 3. The van der Waals surface area contributed by atoms with Crippen molar-refractivity contribution in [1.82, 2.24) is 0 Å². The van der Waals surface area contributed by atoms with Crippen LogP contribution in [0.4, 0.5) is 24.5 Å². The van der Waals surface area contributed by atoms with E-state index in [0.29, 0.717) is 6.07 Å². The molecule has 1 rings (SSSR count). The lowest BCUT2D eigenvalue weighted by Gasteiger charge is -2.11. The maximum absolute atomic E-state index is 12.7. The van der Waals surface area contributed by atoms with E-state index >= 15 is 0 Å². The van der Waals surface area contributed by atoms with Gasteiger partial charge in [0.2, 0.25) is 0 Å². The molecule has 0 heterocycles. The summed E-state index contributed by atoms with van der Waals surface area (Å²) in [4.78, 5) is 9.52. The number of non-ortho nitro benzene ring substituents is 1. The molecule has 0 aliphatic heterocycles. The Morgan fingerprint density at radius 1 is 1.53 bits per heavy atom. The zero-order chi connectivity index (χ0) is 14.6. The minimum absolute atomic E-state index is 0.0773. The summed E-state index contributed by atoms with van der Waals surface area (Å²) >= 11 is 0. The zero-order valence-electron chi connectivity index (χ0n) is 9.52. The van der Waals surface area contributed by atoms with Gasteiger partial charge in [-0.3, -0.25) is 15.5 Å². The predicted molar refractivity (Wildman–Crippen MR) is 60.4 cm³/mol. The van der Waals surface area contributed by atoms with Crippen molar-refractivity contribution < 1.29 is 18.1 Å². The van der Waals surface area contributed by atoms with E-state index in [1.807, 2.05) is 0 Å². The van der Waals surface area contributed by atoms with Gasteiger partial charge in [0, 0.05) is 12.1 Å². The average Bonchev–Trinajstić information content (AvgIpc) is 2.34. The van der Waals surface area contributed by atoms with Gasteiger partial charge in [-0.25, -0.2) is 0 Å². The number of nitrogens with zero attached hydrogens (tertiary/aromatic N) is 3. The number of anilines is 1. The summed E-state index contributed by atoms with van der Waals surface area (Å²) in [5.41, 5.74) is -0.390. The third-order valence-electron chi connectivity index (χ3n) is 2.03. The maximum Gasteiger partial charge on any atom is 0.418 e. The Kier molecular flexibility index (Phi) is 4.06. The molecule has 1 aromatic carbocycles. The van der Waals surface area contributed by atoms with Gasteiger partial charge in [-0.15, -0.1) is 0 Å². The topological polar surface area (TPSA) is 91.3 Å². The van der Waals surface area contributed by atoms with Crippen LogP contribution in [-0.4, -0.2) is 10.6 Å². The van der Waals surface area contributed by atoms with Gasteiger partial charge >= 0.3 is 6.18 Å². The average molecular weight is 272 g/mol. The quantitative estimate of drug-likeness (QED) is 0.520. The fourth-order valence-electron chi connectivity index (χ4n) is 1.15. The van der Waals surface area contributed by atoms with E-state index in [0.717, 1.165) is 12.1 Å². The number of halogens is 3. The van der Waals surface area contributed by atoms with Crippen LogP contribution < -0.4 is 5.43 Å². The van der Waals surface area contributed by atoms with Crippen molar-refractivity contribution in [3.05, 3.63) is 33.9 Å². The number of hydrogen-bond acceptors (Lipinski definition) is 5. The fraction of sp³-hybridized carbons (Fsp3) is 0.200. The third-order valence-corrected chi connectivity index (χ3v) is 2.03. The van der Waals surface area contributed by atoms with E-state index < -0.39 is 28.0 Å². The molecule has 19 heavy (non-hydrogen) atoms. The Labute approximate surface area is 105 Å². The smallest absolute Gasteiger partial charge is 0.277 e. The highest BCUT2D eigenvalue weighted by atomic mass is 19.4. The molecule has 0 aromatic heterocycles. The van der Waals surface area contributed by atoms with Crippen LogP contribution in [0.25, 0.3) is 0 Å². The summed E-state index contributed by atoms with van der Waals surface area (Å²) in [6.45, 7) is 1.30. The van der Waals surface area contributed by atoms with Crippen molar-refractivity contribution in [2.24, 2.45) is 5.10 Å². The Morgan fingerprint density at radius 2 is 2.16 bits per heavy atom. The number of rotatable bonds is 3. The van der Waals surface area contributed by atoms with Crippen LogP contribution in [-0.2, 0) is 6.18 Å². The first-order valence-electron chi connectivity index (χ1n) is 4.81. The van der Waals surface area contributed by atoms with Crippen LogP contribution >= 0.6 is 0 Å². The fourth-order valence-corrected chi connectivity index (χ4v) is 1.15. The van der Waals surface area contributed by atoms with Crippen molar-refractivity contribution in [2.45, 2.75) is 13.1 Å². The van der Waals surface area contributed by atoms with Gasteiger partial charge in [-0.2, -0.15) is 23.5 Å². The lowest BCUT2D eigenvalue weighted by atomic mass is 10.1. The molecule has 100 valence electrons. The van der Waals surface area contributed by atoms with Crippen molar-refractivity contribution in [2.75, 3.05) is 5.43 Å². The first-order chi connectivity index (χ1) is 8.75. The standard InChI is InChI=1S/C10H7F3N4O2/c1-6(5-14)15-16-9-3-2-7(17(18)19)4-8(9)10(11,12)13/h2-4,16H,1H3. The van der Waals surface area contributed by atoms with Gasteiger partial charge in [0.15, 0.2) is 0 Å². The summed E-state index contributed by atoms with van der Waals surface area (Å²) < 4.78 is 38.2. The van der Waals surface area contributed by atoms with Crippen LogP contribution in [0.2, 0.25) is 0 Å². The number of benzene rings is 1. The second-order valence-electron chi connectivity index (χ2n) is 3.41. The van der Waals surface area contributed by atoms with Gasteiger partial charge in [0.05, 0.1) is 16.2 Å². The van der Waals surface area contributed by atoms with Crippen LogP contribution in [0.15, 0.2) is 23.3 Å². The summed E-state index contributed by atoms with van der Waals surface area (Å²) in [7, 11) is 0. The summed E-state index contributed by atoms with van der Waals surface area (Å²) in [6, 6.07) is 3.82. The highest BCUT2D eigenvalue weighted by Crippen LogP contribution is 2.37. The molecule has 0 bridgehead atoms. The monoisotopic (exact) mass is 272 g/mol. The number of nitrogens with one attached hydrogen (secondary N) is 1. The first-order valence-corrected chi connectivity index (χ1v) is 4.81. The molecule has 9 heteroatoms. The summed E-state index contributed by atoms with van der Waals surface area (Å²) in [5, 5.41) is 22.3. The molecule has 0 spiro atoms. The number of hydrazone groups is 1.